The quantitative estimate of drug-likeness (QED) is 0.418. The molecular formula is C17H29N3O3. The van der Waals surface area contributed by atoms with Crippen molar-refractivity contribution in [2.45, 2.75) is 46.3 Å². The molecule has 6 nitrogen and oxygen atoms in total. The largest absolute Gasteiger partial charge is 0.485 e. The maximum absolute atomic E-state index is 12.3. The lowest BCUT2D eigenvalue weighted by molar-refractivity contribution is -0.154. The summed E-state index contributed by atoms with van der Waals surface area (Å²) in [6.07, 6.45) is 6.30. The summed E-state index contributed by atoms with van der Waals surface area (Å²) in [4.78, 5) is 18.6. The second kappa shape index (κ2) is 8.72. The first-order chi connectivity index (χ1) is 10.7. The number of imidazole rings is 1. The van der Waals surface area contributed by atoms with Gasteiger partial charge in [0, 0.05) is 25.4 Å². The van der Waals surface area contributed by atoms with Crippen molar-refractivity contribution >= 4 is 12.0 Å². The molecule has 0 radical (unpaired) electrons. The molecule has 0 aliphatic heterocycles. The van der Waals surface area contributed by atoms with Crippen LogP contribution in [0.3, 0.4) is 0 Å². The van der Waals surface area contributed by atoms with Crippen LogP contribution in [0.5, 0.6) is 0 Å². The highest BCUT2D eigenvalue weighted by atomic mass is 16.6. The zero-order valence-corrected chi connectivity index (χ0v) is 15.1. The fraction of sp³-hybridized carbons (Fsp3) is 0.647. The summed E-state index contributed by atoms with van der Waals surface area (Å²) in [6, 6.07) is 0. The molecule has 0 saturated heterocycles. The number of carbonyl (C=O) groups is 1. The van der Waals surface area contributed by atoms with E-state index in [9.17, 15) is 4.79 Å². The van der Waals surface area contributed by atoms with Crippen molar-refractivity contribution in [3.05, 3.63) is 24.0 Å². The van der Waals surface area contributed by atoms with Gasteiger partial charge in [0.1, 0.15) is 12.2 Å². The van der Waals surface area contributed by atoms with Gasteiger partial charge < -0.3 is 18.9 Å². The second-order valence-corrected chi connectivity index (χ2v) is 6.70. The lowest BCUT2D eigenvalue weighted by Gasteiger charge is -2.21. The van der Waals surface area contributed by atoms with Crippen molar-refractivity contribution in [3.63, 3.8) is 0 Å². The van der Waals surface area contributed by atoms with Gasteiger partial charge in [0.2, 0.25) is 5.76 Å². The van der Waals surface area contributed by atoms with E-state index >= 15 is 0 Å². The van der Waals surface area contributed by atoms with E-state index in [-0.39, 0.29) is 5.76 Å². The molecule has 0 unspecified atom stereocenters. The standard InChI is InChI=1S/C17H29N3O3/c1-7-8-20-12-14(18-13-20)11-15(22-10-9-19(5)6)16(21)23-17(2,3)4/h11-13H,7-10H2,1-6H3/b15-11-. The van der Waals surface area contributed by atoms with Crippen LogP contribution in [0.25, 0.3) is 6.08 Å². The Morgan fingerprint density at radius 1 is 1.39 bits per heavy atom. The Morgan fingerprint density at radius 3 is 2.65 bits per heavy atom. The van der Waals surface area contributed by atoms with Gasteiger partial charge in [-0.25, -0.2) is 9.78 Å². The van der Waals surface area contributed by atoms with Crippen LogP contribution >= 0.6 is 0 Å². The summed E-state index contributed by atoms with van der Waals surface area (Å²) >= 11 is 0. The van der Waals surface area contributed by atoms with Crippen LogP contribution in [0.1, 0.15) is 39.8 Å². The Morgan fingerprint density at radius 2 is 2.09 bits per heavy atom. The number of aromatic nitrogens is 2. The average Bonchev–Trinajstić information content (AvgIpc) is 2.83. The SMILES string of the molecule is CCCn1cnc(/C=C(\OCCN(C)C)C(=O)OC(C)(C)C)c1. The topological polar surface area (TPSA) is 56.6 Å². The number of nitrogens with zero attached hydrogens (tertiary/aromatic N) is 3. The average molecular weight is 323 g/mol. The van der Waals surface area contributed by atoms with E-state index in [0.29, 0.717) is 18.8 Å². The van der Waals surface area contributed by atoms with Crippen LogP contribution in [0.2, 0.25) is 0 Å². The van der Waals surface area contributed by atoms with E-state index in [1.165, 1.54) is 0 Å². The van der Waals surface area contributed by atoms with Gasteiger partial charge in [-0.3, -0.25) is 0 Å². The monoisotopic (exact) mass is 323 g/mol. The maximum Gasteiger partial charge on any atom is 0.374 e. The molecule has 6 heteroatoms. The maximum atomic E-state index is 12.3. The molecule has 23 heavy (non-hydrogen) atoms. The molecule has 0 aromatic carbocycles. The minimum atomic E-state index is -0.567. The third kappa shape index (κ3) is 7.83. The van der Waals surface area contributed by atoms with Gasteiger partial charge >= 0.3 is 5.97 Å². The van der Waals surface area contributed by atoms with E-state index in [1.54, 1.807) is 12.4 Å². The minimum absolute atomic E-state index is 0.184. The number of esters is 1. The van der Waals surface area contributed by atoms with Crippen LogP contribution in [0.4, 0.5) is 0 Å². The molecule has 1 aromatic heterocycles. The number of likely N-dealkylation sites (N-methyl/N-ethyl adjacent to an activating group) is 1. The van der Waals surface area contributed by atoms with Crippen LogP contribution in [-0.4, -0.2) is 53.3 Å². The van der Waals surface area contributed by atoms with Crippen LogP contribution < -0.4 is 0 Å². The zero-order chi connectivity index (χ0) is 17.5. The van der Waals surface area contributed by atoms with Crippen molar-refractivity contribution in [2.24, 2.45) is 0 Å². The van der Waals surface area contributed by atoms with Gasteiger partial charge in [-0.05, 0) is 41.3 Å². The lowest BCUT2D eigenvalue weighted by Crippen LogP contribution is -2.26. The van der Waals surface area contributed by atoms with Crippen molar-refractivity contribution < 1.29 is 14.3 Å². The number of ether oxygens (including phenoxy) is 2. The number of hydrogen-bond donors (Lipinski definition) is 0. The summed E-state index contributed by atoms with van der Waals surface area (Å²) in [6.45, 7) is 9.61. The molecule has 0 atom stereocenters. The summed E-state index contributed by atoms with van der Waals surface area (Å²) < 4.78 is 13.0. The predicted octanol–water partition coefficient (Wildman–Crippen LogP) is 2.55. The highest BCUT2D eigenvalue weighted by molar-refractivity contribution is 5.91. The highest BCUT2D eigenvalue weighted by Gasteiger charge is 2.21. The molecule has 1 aromatic rings. The van der Waals surface area contributed by atoms with Gasteiger partial charge in [0.15, 0.2) is 0 Å². The van der Waals surface area contributed by atoms with Crippen molar-refractivity contribution in [2.75, 3.05) is 27.2 Å². The smallest absolute Gasteiger partial charge is 0.374 e. The lowest BCUT2D eigenvalue weighted by atomic mass is 10.2. The van der Waals surface area contributed by atoms with Gasteiger partial charge in [0.05, 0.1) is 12.0 Å². The van der Waals surface area contributed by atoms with E-state index in [1.807, 2.05) is 50.5 Å². The number of rotatable bonds is 8. The van der Waals surface area contributed by atoms with Crippen LogP contribution in [0, 0.1) is 0 Å². The first-order valence-corrected chi connectivity index (χ1v) is 7.95. The second-order valence-electron chi connectivity index (χ2n) is 6.70. The van der Waals surface area contributed by atoms with Crippen molar-refractivity contribution in [1.82, 2.24) is 14.5 Å². The van der Waals surface area contributed by atoms with Gasteiger partial charge in [-0.1, -0.05) is 6.92 Å². The number of hydrogen-bond acceptors (Lipinski definition) is 5. The first-order valence-electron chi connectivity index (χ1n) is 7.95. The van der Waals surface area contributed by atoms with E-state index < -0.39 is 11.6 Å². The third-order valence-corrected chi connectivity index (χ3v) is 2.81. The summed E-state index contributed by atoms with van der Waals surface area (Å²) in [5, 5.41) is 0. The molecule has 0 fully saturated rings. The number of aryl methyl sites for hydroxylation is 1. The third-order valence-electron chi connectivity index (χ3n) is 2.81. The molecule has 0 spiro atoms. The Balaban J connectivity index is 2.87. The Kier molecular flexibility index (Phi) is 7.29. The Labute approximate surface area is 139 Å². The van der Waals surface area contributed by atoms with Gasteiger partial charge in [-0.15, -0.1) is 0 Å². The fourth-order valence-electron chi connectivity index (χ4n) is 1.79. The number of carbonyl (C=O) groups excluding carboxylic acids is 1. The normalized spacial score (nSPS) is 12.6. The molecule has 0 amide bonds. The molecule has 130 valence electrons. The zero-order valence-electron chi connectivity index (χ0n) is 15.1. The van der Waals surface area contributed by atoms with E-state index in [4.69, 9.17) is 9.47 Å². The van der Waals surface area contributed by atoms with E-state index in [2.05, 4.69) is 11.9 Å². The minimum Gasteiger partial charge on any atom is -0.485 e. The van der Waals surface area contributed by atoms with Crippen molar-refractivity contribution in [1.29, 1.82) is 0 Å². The van der Waals surface area contributed by atoms with Crippen molar-refractivity contribution in [3.8, 4) is 0 Å². The Bertz CT molecular complexity index is 527. The van der Waals surface area contributed by atoms with Crippen LogP contribution in [-0.2, 0) is 20.8 Å². The molecular weight excluding hydrogens is 294 g/mol. The van der Waals surface area contributed by atoms with Gasteiger partial charge in [-0.2, -0.15) is 0 Å². The first kappa shape index (κ1) is 19.2. The van der Waals surface area contributed by atoms with E-state index in [0.717, 1.165) is 13.0 Å². The molecule has 0 bridgehead atoms. The molecule has 0 N–H and O–H groups in total. The van der Waals surface area contributed by atoms with Gasteiger partial charge in [0.25, 0.3) is 0 Å². The molecule has 1 heterocycles. The fourth-order valence-corrected chi connectivity index (χ4v) is 1.79. The summed E-state index contributed by atoms with van der Waals surface area (Å²) in [5.74, 6) is -0.287. The molecule has 0 aliphatic carbocycles. The Hall–Kier alpha value is -1.82. The highest BCUT2D eigenvalue weighted by Crippen LogP contribution is 2.14. The summed E-state index contributed by atoms with van der Waals surface area (Å²) in [7, 11) is 3.90. The molecule has 0 saturated carbocycles. The van der Waals surface area contributed by atoms with Crippen LogP contribution in [0.15, 0.2) is 18.3 Å². The molecule has 0 aliphatic rings. The molecule has 1 rings (SSSR count). The summed E-state index contributed by atoms with van der Waals surface area (Å²) in [5.41, 5.74) is 0.118. The predicted molar refractivity (Wildman–Crippen MR) is 90.8 cm³/mol.